The predicted molar refractivity (Wildman–Crippen MR) is 51.5 cm³/mol. The van der Waals surface area contributed by atoms with Gasteiger partial charge in [-0.05, 0) is 12.5 Å². The number of rotatable bonds is 3. The van der Waals surface area contributed by atoms with Gasteiger partial charge < -0.3 is 5.11 Å². The Morgan fingerprint density at radius 1 is 1.60 bits per heavy atom. The van der Waals surface area contributed by atoms with Gasteiger partial charge >= 0.3 is 5.97 Å². The Bertz CT molecular complexity index is 506. The number of aliphatic carboxylic acids is 1. The molecule has 0 fully saturated rings. The molecule has 0 saturated heterocycles. The second kappa shape index (κ2) is 3.64. The maximum atomic E-state index is 10.4. The van der Waals surface area contributed by atoms with Crippen LogP contribution in [0.2, 0.25) is 0 Å². The first-order valence-electron chi connectivity index (χ1n) is 4.55. The van der Waals surface area contributed by atoms with Crippen LogP contribution in [0.5, 0.6) is 0 Å². The standard InChI is InChI=1S/C9H10N4O2/c1-6-4-10-9-11-7(2-3-8(14)15)12-13(9)5-6/h4-5H,2-3H2,1H3,(H,14,15). The average molecular weight is 206 g/mol. The van der Waals surface area contributed by atoms with Crippen LogP contribution in [0.3, 0.4) is 0 Å². The summed E-state index contributed by atoms with van der Waals surface area (Å²) in [6.45, 7) is 1.91. The maximum Gasteiger partial charge on any atom is 0.303 e. The summed E-state index contributed by atoms with van der Waals surface area (Å²) < 4.78 is 1.56. The van der Waals surface area contributed by atoms with Gasteiger partial charge in [-0.25, -0.2) is 9.50 Å². The molecule has 0 aliphatic heterocycles. The Morgan fingerprint density at radius 3 is 3.13 bits per heavy atom. The van der Waals surface area contributed by atoms with Crippen LogP contribution < -0.4 is 0 Å². The van der Waals surface area contributed by atoms with Crippen LogP contribution in [0.4, 0.5) is 0 Å². The highest BCUT2D eigenvalue weighted by molar-refractivity contribution is 5.66. The second-order valence-corrected chi connectivity index (χ2v) is 3.30. The van der Waals surface area contributed by atoms with Crippen molar-refractivity contribution in [1.29, 1.82) is 0 Å². The minimum atomic E-state index is -0.849. The summed E-state index contributed by atoms with van der Waals surface area (Å²) in [6, 6.07) is 0. The third kappa shape index (κ3) is 2.09. The van der Waals surface area contributed by atoms with Gasteiger partial charge in [0.15, 0.2) is 5.82 Å². The molecule has 0 amide bonds. The number of aromatic nitrogens is 4. The third-order valence-corrected chi connectivity index (χ3v) is 1.93. The van der Waals surface area contributed by atoms with E-state index in [0.717, 1.165) is 5.56 Å². The minimum Gasteiger partial charge on any atom is -0.481 e. The van der Waals surface area contributed by atoms with Crippen molar-refractivity contribution in [3.05, 3.63) is 23.8 Å². The fourth-order valence-electron chi connectivity index (χ4n) is 1.24. The van der Waals surface area contributed by atoms with Crippen LogP contribution in [-0.2, 0) is 11.2 Å². The van der Waals surface area contributed by atoms with Gasteiger partial charge in [0.05, 0.1) is 6.42 Å². The fourth-order valence-corrected chi connectivity index (χ4v) is 1.24. The van der Waals surface area contributed by atoms with Crippen molar-refractivity contribution >= 4 is 11.7 Å². The van der Waals surface area contributed by atoms with Gasteiger partial charge in [0.1, 0.15) is 0 Å². The normalized spacial score (nSPS) is 10.7. The Labute approximate surface area is 85.6 Å². The molecule has 0 atom stereocenters. The summed E-state index contributed by atoms with van der Waals surface area (Å²) in [5, 5.41) is 12.6. The molecule has 0 spiro atoms. The molecule has 6 heteroatoms. The number of fused-ring (bicyclic) bond motifs is 1. The first-order chi connectivity index (χ1) is 7.15. The second-order valence-electron chi connectivity index (χ2n) is 3.30. The smallest absolute Gasteiger partial charge is 0.303 e. The molecule has 2 aromatic heterocycles. The van der Waals surface area contributed by atoms with Crippen molar-refractivity contribution in [2.75, 3.05) is 0 Å². The summed E-state index contributed by atoms with van der Waals surface area (Å²) in [5.41, 5.74) is 0.984. The van der Waals surface area contributed by atoms with Crippen LogP contribution >= 0.6 is 0 Å². The van der Waals surface area contributed by atoms with Crippen molar-refractivity contribution < 1.29 is 9.90 Å². The highest BCUT2D eigenvalue weighted by Gasteiger charge is 2.06. The van der Waals surface area contributed by atoms with Crippen LogP contribution in [0, 0.1) is 6.92 Å². The number of carboxylic acids is 1. The van der Waals surface area contributed by atoms with E-state index in [1.54, 1.807) is 16.9 Å². The zero-order valence-corrected chi connectivity index (χ0v) is 8.21. The summed E-state index contributed by atoms with van der Waals surface area (Å²) in [5.74, 6) is 0.162. The first kappa shape index (κ1) is 9.57. The van der Waals surface area contributed by atoms with Gasteiger partial charge in [-0.15, -0.1) is 5.10 Å². The van der Waals surface area contributed by atoms with Gasteiger partial charge in [-0.3, -0.25) is 4.79 Å². The zero-order valence-electron chi connectivity index (χ0n) is 8.21. The molecule has 0 radical (unpaired) electrons. The lowest BCUT2D eigenvalue weighted by atomic mass is 10.3. The number of nitrogens with zero attached hydrogens (tertiary/aromatic N) is 4. The Hall–Kier alpha value is -1.98. The van der Waals surface area contributed by atoms with E-state index >= 15 is 0 Å². The largest absolute Gasteiger partial charge is 0.481 e. The molecule has 0 aliphatic carbocycles. The number of carbonyl (C=O) groups is 1. The molecule has 78 valence electrons. The molecular formula is C9H10N4O2. The summed E-state index contributed by atoms with van der Waals surface area (Å²) in [7, 11) is 0. The van der Waals surface area contributed by atoms with Gasteiger partial charge in [0.25, 0.3) is 5.78 Å². The first-order valence-corrected chi connectivity index (χ1v) is 4.55. The topological polar surface area (TPSA) is 80.4 Å². The molecule has 6 nitrogen and oxygen atoms in total. The highest BCUT2D eigenvalue weighted by atomic mass is 16.4. The molecule has 2 rings (SSSR count). The Balaban J connectivity index is 2.27. The van der Waals surface area contributed by atoms with E-state index in [1.165, 1.54) is 0 Å². The van der Waals surface area contributed by atoms with Crippen LogP contribution in [0.1, 0.15) is 17.8 Å². The van der Waals surface area contributed by atoms with Crippen molar-refractivity contribution in [3.8, 4) is 0 Å². The van der Waals surface area contributed by atoms with Gasteiger partial charge in [0, 0.05) is 18.8 Å². The SMILES string of the molecule is Cc1cnc2nc(CCC(=O)O)nn2c1. The molecule has 0 aromatic carbocycles. The van der Waals surface area contributed by atoms with E-state index in [-0.39, 0.29) is 6.42 Å². The van der Waals surface area contributed by atoms with E-state index in [2.05, 4.69) is 15.1 Å². The number of carboxylic acid groups (broad SMARTS) is 1. The van der Waals surface area contributed by atoms with Crippen LogP contribution in [0.15, 0.2) is 12.4 Å². The summed E-state index contributed by atoms with van der Waals surface area (Å²) in [6.07, 6.45) is 3.87. The zero-order chi connectivity index (χ0) is 10.8. The van der Waals surface area contributed by atoms with Gasteiger partial charge in [-0.2, -0.15) is 4.98 Å². The van der Waals surface area contributed by atoms with Gasteiger partial charge in [-0.1, -0.05) is 0 Å². The van der Waals surface area contributed by atoms with Crippen LogP contribution in [-0.4, -0.2) is 30.7 Å². The van der Waals surface area contributed by atoms with Crippen molar-refractivity contribution in [3.63, 3.8) is 0 Å². The van der Waals surface area contributed by atoms with E-state index in [9.17, 15) is 4.79 Å². The molecule has 0 saturated carbocycles. The lowest BCUT2D eigenvalue weighted by Crippen LogP contribution is -1.99. The minimum absolute atomic E-state index is 0.0376. The van der Waals surface area contributed by atoms with Crippen LogP contribution in [0.25, 0.3) is 5.78 Å². The summed E-state index contributed by atoms with van der Waals surface area (Å²) in [4.78, 5) is 18.5. The summed E-state index contributed by atoms with van der Waals surface area (Å²) >= 11 is 0. The lowest BCUT2D eigenvalue weighted by Gasteiger charge is -1.90. The van der Waals surface area contributed by atoms with E-state index in [0.29, 0.717) is 18.0 Å². The van der Waals surface area contributed by atoms with Crippen molar-refractivity contribution in [2.24, 2.45) is 0 Å². The molecule has 0 unspecified atom stereocenters. The molecule has 0 bridgehead atoms. The molecular weight excluding hydrogens is 196 g/mol. The van der Waals surface area contributed by atoms with E-state index in [4.69, 9.17) is 5.11 Å². The van der Waals surface area contributed by atoms with E-state index in [1.807, 2.05) is 6.92 Å². The van der Waals surface area contributed by atoms with E-state index < -0.39 is 5.97 Å². The number of hydrogen-bond donors (Lipinski definition) is 1. The van der Waals surface area contributed by atoms with Gasteiger partial charge in [0.2, 0.25) is 0 Å². The van der Waals surface area contributed by atoms with Crippen molar-refractivity contribution in [2.45, 2.75) is 19.8 Å². The molecule has 1 N–H and O–H groups in total. The maximum absolute atomic E-state index is 10.4. The Morgan fingerprint density at radius 2 is 2.40 bits per heavy atom. The average Bonchev–Trinajstić information content (AvgIpc) is 2.56. The lowest BCUT2D eigenvalue weighted by molar-refractivity contribution is -0.137. The quantitative estimate of drug-likeness (QED) is 0.788. The number of hydrogen-bond acceptors (Lipinski definition) is 4. The Kier molecular flexibility index (Phi) is 2.32. The molecule has 0 aliphatic rings. The molecule has 2 aromatic rings. The molecule has 15 heavy (non-hydrogen) atoms. The monoisotopic (exact) mass is 206 g/mol. The van der Waals surface area contributed by atoms with Crippen molar-refractivity contribution in [1.82, 2.24) is 19.6 Å². The third-order valence-electron chi connectivity index (χ3n) is 1.93. The predicted octanol–water partition coefficient (Wildman–Crippen LogP) is 0.450. The highest BCUT2D eigenvalue weighted by Crippen LogP contribution is 2.02. The fraction of sp³-hybridized carbons (Fsp3) is 0.333. The molecule has 2 heterocycles. The number of aryl methyl sites for hydroxylation is 2.